The predicted molar refractivity (Wildman–Crippen MR) is 129 cm³/mol. The summed E-state index contributed by atoms with van der Waals surface area (Å²) in [6.07, 6.45) is 3.65. The van der Waals surface area contributed by atoms with Crippen LogP contribution in [0.1, 0.15) is 20.8 Å². The molecule has 3 rings (SSSR count). The second-order valence-electron chi connectivity index (χ2n) is 7.56. The second kappa shape index (κ2) is 11.6. The van der Waals surface area contributed by atoms with E-state index in [0.717, 1.165) is 35.9 Å². The van der Waals surface area contributed by atoms with Crippen molar-refractivity contribution in [3.63, 3.8) is 0 Å². The Hall–Kier alpha value is -3.16. The molecule has 10 heteroatoms. The van der Waals surface area contributed by atoms with Crippen molar-refractivity contribution in [3.8, 4) is 6.07 Å². The lowest BCUT2D eigenvalue weighted by atomic mass is 10.1. The molecule has 0 saturated carbocycles. The lowest BCUT2D eigenvalue weighted by Gasteiger charge is -2.28. The van der Waals surface area contributed by atoms with Gasteiger partial charge in [-0.2, -0.15) is 5.26 Å². The van der Waals surface area contributed by atoms with Crippen LogP contribution in [-0.2, 0) is 20.8 Å². The van der Waals surface area contributed by atoms with E-state index in [1.54, 1.807) is 13.1 Å². The molecule has 1 atom stereocenters. The third-order valence-electron chi connectivity index (χ3n) is 5.17. The van der Waals surface area contributed by atoms with E-state index in [1.165, 1.54) is 4.57 Å². The van der Waals surface area contributed by atoms with E-state index in [4.69, 9.17) is 9.47 Å². The number of ether oxygens (including phenoxy) is 2. The molecule has 33 heavy (non-hydrogen) atoms. The average molecular weight is 472 g/mol. The van der Waals surface area contributed by atoms with Gasteiger partial charge in [0.2, 0.25) is 0 Å². The van der Waals surface area contributed by atoms with Gasteiger partial charge in [-0.1, -0.05) is 13.0 Å². The summed E-state index contributed by atoms with van der Waals surface area (Å²) in [5.41, 5.74) is 0.602. The minimum absolute atomic E-state index is 0.0302. The van der Waals surface area contributed by atoms with Crippen molar-refractivity contribution in [2.75, 3.05) is 49.7 Å². The molecule has 1 aliphatic heterocycles. The first-order chi connectivity index (χ1) is 16.0. The molecule has 0 amide bonds. The van der Waals surface area contributed by atoms with Crippen molar-refractivity contribution in [2.24, 2.45) is 5.92 Å². The van der Waals surface area contributed by atoms with Gasteiger partial charge in [0.1, 0.15) is 16.5 Å². The fourth-order valence-electron chi connectivity index (χ4n) is 3.48. The molecular weight excluding hydrogens is 442 g/mol. The van der Waals surface area contributed by atoms with Crippen LogP contribution in [0.4, 0.5) is 11.5 Å². The highest BCUT2D eigenvalue weighted by molar-refractivity contribution is 7.07. The van der Waals surface area contributed by atoms with E-state index >= 15 is 0 Å². The number of morpholine rings is 1. The summed E-state index contributed by atoms with van der Waals surface area (Å²) in [6.45, 7) is 9.65. The standard InChI is InChI=1S/C23H29N5O4S/c1-4-28-21(29)19(33-22(28)18(14-24)23(30)32-5-2)12-16(3)15-26-17-6-7-25-20(13-17)27-8-10-31-11-9-27/h6-7,12-13,16H,4-5,8-11,15H2,1-3H3,(H,25,26)/b19-12?,22-18-. The fourth-order valence-corrected chi connectivity index (χ4v) is 4.74. The Bertz CT molecular complexity index is 1190. The summed E-state index contributed by atoms with van der Waals surface area (Å²) < 4.78 is 12.7. The molecule has 2 aromatic rings. The van der Waals surface area contributed by atoms with E-state index in [-0.39, 0.29) is 23.7 Å². The molecule has 0 bridgehead atoms. The van der Waals surface area contributed by atoms with Gasteiger partial charge in [0.25, 0.3) is 5.56 Å². The number of nitriles is 1. The number of pyridine rings is 1. The molecule has 1 N–H and O–H groups in total. The normalized spacial score (nSPS) is 16.2. The van der Waals surface area contributed by atoms with E-state index in [9.17, 15) is 14.9 Å². The Morgan fingerprint density at radius 2 is 2.18 bits per heavy atom. The van der Waals surface area contributed by atoms with Gasteiger partial charge in [-0.15, -0.1) is 11.3 Å². The summed E-state index contributed by atoms with van der Waals surface area (Å²) in [4.78, 5) is 31.7. The van der Waals surface area contributed by atoms with Crippen LogP contribution < -0.4 is 25.0 Å². The summed E-state index contributed by atoms with van der Waals surface area (Å²) in [6, 6.07) is 5.83. The van der Waals surface area contributed by atoms with E-state index in [0.29, 0.717) is 35.5 Å². The summed E-state index contributed by atoms with van der Waals surface area (Å²) >= 11 is 1.15. The summed E-state index contributed by atoms with van der Waals surface area (Å²) in [5.74, 6) is 0.230. The number of rotatable bonds is 8. The van der Waals surface area contributed by atoms with Gasteiger partial charge in [-0.05, 0) is 25.8 Å². The number of nitrogens with one attached hydrogen (secondary N) is 1. The molecule has 0 radical (unpaired) electrons. The van der Waals surface area contributed by atoms with Crippen molar-refractivity contribution in [2.45, 2.75) is 27.3 Å². The lowest BCUT2D eigenvalue weighted by Crippen LogP contribution is -2.36. The van der Waals surface area contributed by atoms with Crippen LogP contribution in [0.2, 0.25) is 0 Å². The zero-order valence-corrected chi connectivity index (χ0v) is 20.0. The Labute approximate surface area is 196 Å². The minimum atomic E-state index is -0.710. The Balaban J connectivity index is 1.80. The van der Waals surface area contributed by atoms with Crippen LogP contribution in [-0.4, -0.2) is 55.0 Å². The van der Waals surface area contributed by atoms with Gasteiger partial charge in [0.05, 0.1) is 24.4 Å². The van der Waals surface area contributed by atoms with Gasteiger partial charge >= 0.3 is 5.97 Å². The highest BCUT2D eigenvalue weighted by Crippen LogP contribution is 2.17. The van der Waals surface area contributed by atoms with E-state index in [1.807, 2.05) is 38.1 Å². The Morgan fingerprint density at radius 1 is 1.42 bits per heavy atom. The molecule has 1 saturated heterocycles. The zero-order valence-electron chi connectivity index (χ0n) is 19.2. The van der Waals surface area contributed by atoms with Crippen LogP contribution in [0.3, 0.4) is 0 Å². The number of nitrogens with zero attached hydrogens (tertiary/aromatic N) is 4. The topological polar surface area (TPSA) is 109 Å². The molecule has 0 aromatic carbocycles. The van der Waals surface area contributed by atoms with E-state index < -0.39 is 5.97 Å². The van der Waals surface area contributed by atoms with Crippen molar-refractivity contribution in [3.05, 3.63) is 37.9 Å². The summed E-state index contributed by atoms with van der Waals surface area (Å²) in [7, 11) is 0. The van der Waals surface area contributed by atoms with Crippen molar-refractivity contribution >= 4 is 40.5 Å². The largest absolute Gasteiger partial charge is 0.462 e. The number of thiazole rings is 1. The second-order valence-corrected chi connectivity index (χ2v) is 8.59. The Morgan fingerprint density at radius 3 is 2.85 bits per heavy atom. The minimum Gasteiger partial charge on any atom is -0.462 e. The molecule has 0 spiro atoms. The summed E-state index contributed by atoms with van der Waals surface area (Å²) in [5, 5.41) is 12.9. The average Bonchev–Trinajstić information content (AvgIpc) is 3.13. The lowest BCUT2D eigenvalue weighted by molar-refractivity contribution is -0.136. The molecule has 1 unspecified atom stereocenters. The maximum atomic E-state index is 12.9. The van der Waals surface area contributed by atoms with Crippen molar-refractivity contribution in [1.29, 1.82) is 5.26 Å². The number of anilines is 2. The van der Waals surface area contributed by atoms with Gasteiger partial charge in [0, 0.05) is 44.1 Å². The number of carbonyl (C=O) groups is 1. The first kappa shape index (κ1) is 24.5. The van der Waals surface area contributed by atoms with Crippen LogP contribution in [0.15, 0.2) is 23.1 Å². The van der Waals surface area contributed by atoms with Crippen LogP contribution >= 0.6 is 11.3 Å². The van der Waals surface area contributed by atoms with Crippen molar-refractivity contribution in [1.82, 2.24) is 9.55 Å². The number of hydrogen-bond donors (Lipinski definition) is 1. The predicted octanol–water partition coefficient (Wildman–Crippen LogP) is 0.927. The first-order valence-electron chi connectivity index (χ1n) is 11.0. The van der Waals surface area contributed by atoms with Crippen LogP contribution in [0, 0.1) is 17.2 Å². The molecule has 176 valence electrons. The highest BCUT2D eigenvalue weighted by atomic mass is 32.1. The van der Waals surface area contributed by atoms with Crippen molar-refractivity contribution < 1.29 is 14.3 Å². The smallest absolute Gasteiger partial charge is 0.351 e. The van der Waals surface area contributed by atoms with Gasteiger partial charge in [0.15, 0.2) is 5.57 Å². The molecule has 1 aliphatic rings. The number of hydrogen-bond acceptors (Lipinski definition) is 9. The fraction of sp³-hybridized carbons (Fsp3) is 0.478. The zero-order chi connectivity index (χ0) is 23.8. The molecule has 3 heterocycles. The quantitative estimate of drug-likeness (QED) is 0.567. The highest BCUT2D eigenvalue weighted by Gasteiger charge is 2.17. The molecule has 1 fully saturated rings. The third-order valence-corrected chi connectivity index (χ3v) is 6.32. The SMILES string of the molecule is CCOC(=O)/C(C#N)=c1\sc(=CC(C)CNc2ccnc(N3CCOCC3)c2)c(=O)n1CC. The maximum Gasteiger partial charge on any atom is 0.351 e. The number of esters is 1. The third kappa shape index (κ3) is 6.00. The molecule has 9 nitrogen and oxygen atoms in total. The van der Waals surface area contributed by atoms with E-state index in [2.05, 4.69) is 15.2 Å². The van der Waals surface area contributed by atoms with Crippen LogP contribution in [0.25, 0.3) is 11.6 Å². The van der Waals surface area contributed by atoms with Crippen LogP contribution in [0.5, 0.6) is 0 Å². The first-order valence-corrected chi connectivity index (χ1v) is 11.9. The number of aromatic nitrogens is 2. The van der Waals surface area contributed by atoms with Gasteiger partial charge in [-0.25, -0.2) is 9.78 Å². The monoisotopic (exact) mass is 471 g/mol. The molecular formula is C23H29N5O4S. The molecule has 0 aliphatic carbocycles. The number of carbonyl (C=O) groups excluding carboxylic acids is 1. The molecule has 2 aromatic heterocycles. The maximum absolute atomic E-state index is 12.9. The Kier molecular flexibility index (Phi) is 8.63. The van der Waals surface area contributed by atoms with Gasteiger partial charge < -0.3 is 19.7 Å². The van der Waals surface area contributed by atoms with Gasteiger partial charge in [-0.3, -0.25) is 9.36 Å².